The van der Waals surface area contributed by atoms with Gasteiger partial charge in [-0.25, -0.2) is 4.39 Å². The van der Waals surface area contributed by atoms with Gasteiger partial charge in [0.2, 0.25) is 0 Å². The number of benzene rings is 2. The third kappa shape index (κ3) is 3.28. The smallest absolute Gasteiger partial charge is 0.259 e. The lowest BCUT2D eigenvalue weighted by molar-refractivity contribution is 0.102. The molecule has 0 atom stereocenters. The first-order valence-electron chi connectivity index (χ1n) is 7.68. The average Bonchev–Trinajstić information content (AvgIpc) is 3.09. The number of carbonyl (C=O) groups is 1. The Hall–Kier alpha value is -2.56. The van der Waals surface area contributed by atoms with Crippen molar-refractivity contribution in [3.8, 4) is 5.75 Å². The van der Waals surface area contributed by atoms with E-state index in [4.69, 9.17) is 4.74 Å². The number of nitrogens with zero attached hydrogens (tertiary/aromatic N) is 1. The number of methoxy groups -OCH3 is 1. The van der Waals surface area contributed by atoms with Crippen molar-refractivity contribution in [1.29, 1.82) is 0 Å². The number of amides is 1. The molecule has 2 aromatic carbocycles. The number of ether oxygens (including phenoxy) is 1. The lowest BCUT2D eigenvalue weighted by Crippen LogP contribution is -2.21. The SMILES string of the molecule is COc1ccc(F)cc1C(=O)Nc1ccccc1N1CCCC1. The van der Waals surface area contributed by atoms with E-state index < -0.39 is 5.82 Å². The first-order chi connectivity index (χ1) is 11.2. The maximum absolute atomic E-state index is 13.5. The van der Waals surface area contributed by atoms with Gasteiger partial charge >= 0.3 is 0 Å². The van der Waals surface area contributed by atoms with E-state index in [-0.39, 0.29) is 11.5 Å². The Kier molecular flexibility index (Phi) is 4.46. The minimum absolute atomic E-state index is 0.184. The molecule has 0 saturated carbocycles. The van der Waals surface area contributed by atoms with Gasteiger partial charge in [0.05, 0.1) is 24.0 Å². The minimum Gasteiger partial charge on any atom is -0.496 e. The number of para-hydroxylation sites is 2. The van der Waals surface area contributed by atoms with Gasteiger partial charge in [0.1, 0.15) is 11.6 Å². The molecule has 0 radical (unpaired) electrons. The van der Waals surface area contributed by atoms with Crippen LogP contribution < -0.4 is 15.0 Å². The van der Waals surface area contributed by atoms with Crippen molar-refractivity contribution in [1.82, 2.24) is 0 Å². The number of nitrogens with one attached hydrogen (secondary N) is 1. The zero-order valence-electron chi connectivity index (χ0n) is 13.0. The summed E-state index contributed by atoms with van der Waals surface area (Å²) in [4.78, 5) is 14.8. The van der Waals surface area contributed by atoms with Crippen molar-refractivity contribution < 1.29 is 13.9 Å². The second-order valence-corrected chi connectivity index (χ2v) is 5.51. The maximum Gasteiger partial charge on any atom is 0.259 e. The summed E-state index contributed by atoms with van der Waals surface area (Å²) in [7, 11) is 1.46. The molecular formula is C18H19FN2O2. The lowest BCUT2D eigenvalue weighted by Gasteiger charge is -2.21. The number of rotatable bonds is 4. The molecule has 4 nitrogen and oxygen atoms in total. The normalized spacial score (nSPS) is 13.9. The molecule has 0 aromatic heterocycles. The van der Waals surface area contributed by atoms with Gasteiger partial charge in [-0.3, -0.25) is 4.79 Å². The Morgan fingerprint density at radius 1 is 1.17 bits per heavy atom. The molecular weight excluding hydrogens is 295 g/mol. The highest BCUT2D eigenvalue weighted by Gasteiger charge is 2.19. The van der Waals surface area contributed by atoms with Crippen LogP contribution in [0.2, 0.25) is 0 Å². The fraction of sp³-hybridized carbons (Fsp3) is 0.278. The van der Waals surface area contributed by atoms with Crippen molar-refractivity contribution in [2.24, 2.45) is 0 Å². The van der Waals surface area contributed by atoms with Gasteiger partial charge in [-0.15, -0.1) is 0 Å². The third-order valence-electron chi connectivity index (χ3n) is 4.01. The topological polar surface area (TPSA) is 41.6 Å². The summed E-state index contributed by atoms with van der Waals surface area (Å²) in [6.07, 6.45) is 2.31. The molecule has 1 amide bonds. The molecule has 120 valence electrons. The van der Waals surface area contributed by atoms with Gasteiger partial charge in [0.15, 0.2) is 0 Å². The van der Waals surface area contributed by atoms with E-state index in [9.17, 15) is 9.18 Å². The standard InChI is InChI=1S/C18H19FN2O2/c1-23-17-9-8-13(19)12-14(17)18(22)20-15-6-2-3-7-16(15)21-10-4-5-11-21/h2-3,6-9,12H,4-5,10-11H2,1H3,(H,20,22). The molecule has 1 heterocycles. The van der Waals surface area contributed by atoms with E-state index in [1.807, 2.05) is 24.3 Å². The Morgan fingerprint density at radius 3 is 2.65 bits per heavy atom. The maximum atomic E-state index is 13.5. The highest BCUT2D eigenvalue weighted by molar-refractivity contribution is 6.07. The Labute approximate surface area is 134 Å². The van der Waals surface area contributed by atoms with Crippen molar-refractivity contribution in [2.75, 3.05) is 30.4 Å². The van der Waals surface area contributed by atoms with Gasteiger partial charge in [0.25, 0.3) is 5.91 Å². The highest BCUT2D eigenvalue weighted by Crippen LogP contribution is 2.30. The van der Waals surface area contributed by atoms with Gasteiger partial charge in [-0.05, 0) is 43.2 Å². The van der Waals surface area contributed by atoms with Crippen LogP contribution in [0.15, 0.2) is 42.5 Å². The van der Waals surface area contributed by atoms with E-state index in [0.717, 1.165) is 37.3 Å². The largest absolute Gasteiger partial charge is 0.496 e. The molecule has 1 fully saturated rings. The Balaban J connectivity index is 1.87. The van der Waals surface area contributed by atoms with Gasteiger partial charge < -0.3 is 15.0 Å². The molecule has 0 bridgehead atoms. The van der Waals surface area contributed by atoms with Crippen LogP contribution in [0.4, 0.5) is 15.8 Å². The van der Waals surface area contributed by atoms with E-state index >= 15 is 0 Å². The predicted molar refractivity (Wildman–Crippen MR) is 88.8 cm³/mol. The molecule has 0 unspecified atom stereocenters. The number of hydrogen-bond donors (Lipinski definition) is 1. The molecule has 0 aliphatic carbocycles. The van der Waals surface area contributed by atoms with Crippen LogP contribution in [0.3, 0.4) is 0 Å². The summed E-state index contributed by atoms with van der Waals surface area (Å²) in [6, 6.07) is 11.6. The van der Waals surface area contributed by atoms with E-state index in [1.54, 1.807) is 0 Å². The summed E-state index contributed by atoms with van der Waals surface area (Å²) in [5, 5.41) is 2.88. The first kappa shape index (κ1) is 15.3. The number of anilines is 2. The van der Waals surface area contributed by atoms with Gasteiger partial charge in [-0.1, -0.05) is 12.1 Å². The first-order valence-corrected chi connectivity index (χ1v) is 7.68. The number of carbonyl (C=O) groups excluding carboxylic acids is 1. The van der Waals surface area contributed by atoms with Crippen LogP contribution >= 0.6 is 0 Å². The molecule has 3 rings (SSSR count). The van der Waals surface area contributed by atoms with Crippen LogP contribution in [0, 0.1) is 5.82 Å². The average molecular weight is 314 g/mol. The van der Waals surface area contributed by atoms with Crippen LogP contribution in [-0.2, 0) is 0 Å². The van der Waals surface area contributed by atoms with E-state index in [0.29, 0.717) is 5.75 Å². The lowest BCUT2D eigenvalue weighted by atomic mass is 10.1. The summed E-state index contributed by atoms with van der Waals surface area (Å²) in [5.74, 6) is -0.501. The molecule has 23 heavy (non-hydrogen) atoms. The number of hydrogen-bond acceptors (Lipinski definition) is 3. The Bertz CT molecular complexity index is 712. The van der Waals surface area contributed by atoms with Crippen molar-refractivity contribution in [3.05, 3.63) is 53.8 Å². The van der Waals surface area contributed by atoms with Gasteiger partial charge in [0, 0.05) is 13.1 Å². The molecule has 1 N–H and O–H groups in total. The van der Waals surface area contributed by atoms with Crippen LogP contribution in [0.5, 0.6) is 5.75 Å². The quantitative estimate of drug-likeness (QED) is 0.936. The van der Waals surface area contributed by atoms with Crippen LogP contribution in [0.1, 0.15) is 23.2 Å². The van der Waals surface area contributed by atoms with E-state index in [1.165, 1.54) is 25.3 Å². The fourth-order valence-corrected chi connectivity index (χ4v) is 2.86. The second-order valence-electron chi connectivity index (χ2n) is 5.51. The van der Waals surface area contributed by atoms with Crippen molar-refractivity contribution >= 4 is 17.3 Å². The summed E-state index contributed by atoms with van der Waals surface area (Å²) < 4.78 is 18.6. The van der Waals surface area contributed by atoms with Crippen LogP contribution in [0.25, 0.3) is 0 Å². The summed E-state index contributed by atoms with van der Waals surface area (Å²) in [5.41, 5.74) is 1.91. The Morgan fingerprint density at radius 2 is 1.91 bits per heavy atom. The molecule has 1 saturated heterocycles. The predicted octanol–water partition coefficient (Wildman–Crippen LogP) is 3.69. The zero-order valence-corrected chi connectivity index (χ0v) is 13.0. The van der Waals surface area contributed by atoms with Gasteiger partial charge in [-0.2, -0.15) is 0 Å². The molecule has 2 aromatic rings. The highest BCUT2D eigenvalue weighted by atomic mass is 19.1. The summed E-state index contributed by atoms with van der Waals surface area (Å²) >= 11 is 0. The van der Waals surface area contributed by atoms with Crippen molar-refractivity contribution in [2.45, 2.75) is 12.8 Å². The fourth-order valence-electron chi connectivity index (χ4n) is 2.86. The molecule has 1 aliphatic rings. The monoisotopic (exact) mass is 314 g/mol. The van der Waals surface area contributed by atoms with Crippen LogP contribution in [-0.4, -0.2) is 26.1 Å². The number of halogens is 1. The van der Waals surface area contributed by atoms with E-state index in [2.05, 4.69) is 10.2 Å². The molecule has 0 spiro atoms. The zero-order chi connectivity index (χ0) is 16.2. The molecule has 1 aliphatic heterocycles. The summed E-state index contributed by atoms with van der Waals surface area (Å²) in [6.45, 7) is 1.96. The van der Waals surface area contributed by atoms with Crippen molar-refractivity contribution in [3.63, 3.8) is 0 Å². The molecule has 5 heteroatoms. The second kappa shape index (κ2) is 6.69. The third-order valence-corrected chi connectivity index (χ3v) is 4.01. The minimum atomic E-state index is -0.469.